The van der Waals surface area contributed by atoms with E-state index in [0.29, 0.717) is 18.7 Å². The van der Waals surface area contributed by atoms with Crippen LogP contribution in [-0.4, -0.2) is 40.6 Å². The second-order valence-corrected chi connectivity index (χ2v) is 8.64. The molecule has 1 aromatic heterocycles. The lowest BCUT2D eigenvalue weighted by Crippen LogP contribution is -2.42. The van der Waals surface area contributed by atoms with E-state index in [1.54, 1.807) is 6.20 Å². The number of aliphatic hydroxyl groups is 1. The number of pyridine rings is 1. The predicted molar refractivity (Wildman–Crippen MR) is 98.9 cm³/mol. The van der Waals surface area contributed by atoms with Crippen molar-refractivity contribution in [3.8, 4) is 0 Å². The summed E-state index contributed by atoms with van der Waals surface area (Å²) < 4.78 is 0.967. The van der Waals surface area contributed by atoms with Crippen molar-refractivity contribution in [2.45, 2.75) is 27.2 Å². The molecule has 3 rings (SSSR count). The first-order valence-electron chi connectivity index (χ1n) is 8.21. The van der Waals surface area contributed by atoms with Gasteiger partial charge in [-0.15, -0.1) is 0 Å². The molecule has 1 saturated heterocycles. The summed E-state index contributed by atoms with van der Waals surface area (Å²) >= 11 is 3.46. The third-order valence-electron chi connectivity index (χ3n) is 5.42. The fourth-order valence-electron chi connectivity index (χ4n) is 3.43. The molecule has 1 aliphatic rings. The van der Waals surface area contributed by atoms with E-state index in [9.17, 15) is 9.90 Å². The minimum Gasteiger partial charge on any atom is -0.396 e. The van der Waals surface area contributed by atoms with Crippen LogP contribution in [-0.2, 0) is 0 Å². The monoisotopic (exact) mass is 390 g/mol. The van der Waals surface area contributed by atoms with Gasteiger partial charge in [-0.05, 0) is 36.1 Å². The van der Waals surface area contributed by atoms with Gasteiger partial charge in [0.15, 0.2) is 0 Å². The van der Waals surface area contributed by atoms with E-state index in [4.69, 9.17) is 0 Å². The van der Waals surface area contributed by atoms with E-state index in [2.05, 4.69) is 41.7 Å². The predicted octanol–water partition coefficient (Wildman–Crippen LogP) is 3.87. The molecule has 1 atom stereocenters. The fourth-order valence-corrected chi connectivity index (χ4v) is 3.80. The molecule has 0 radical (unpaired) electrons. The summed E-state index contributed by atoms with van der Waals surface area (Å²) in [4.78, 5) is 19.2. The molecule has 2 aromatic rings. The van der Waals surface area contributed by atoms with Crippen LogP contribution in [0.4, 0.5) is 0 Å². The van der Waals surface area contributed by atoms with Crippen LogP contribution in [0.3, 0.4) is 0 Å². The first kappa shape index (κ1) is 17.4. The van der Waals surface area contributed by atoms with Crippen LogP contribution in [0.1, 0.15) is 37.6 Å². The van der Waals surface area contributed by atoms with Gasteiger partial charge in [0.05, 0.1) is 17.7 Å². The third-order valence-corrected chi connectivity index (χ3v) is 5.92. The summed E-state index contributed by atoms with van der Waals surface area (Å²) in [6, 6.07) is 7.73. The fraction of sp³-hybridized carbons (Fsp3) is 0.474. The zero-order valence-corrected chi connectivity index (χ0v) is 15.9. The smallest absolute Gasteiger partial charge is 0.255 e. The summed E-state index contributed by atoms with van der Waals surface area (Å²) in [7, 11) is 0. The number of rotatable bonds is 2. The summed E-state index contributed by atoms with van der Waals surface area (Å²) in [5.41, 5.74) is 1.18. The third kappa shape index (κ3) is 2.95. The van der Waals surface area contributed by atoms with Crippen molar-refractivity contribution in [2.75, 3.05) is 19.7 Å². The molecule has 0 bridgehead atoms. The van der Waals surface area contributed by atoms with Crippen molar-refractivity contribution >= 4 is 32.7 Å². The number of fused-ring (bicyclic) bond motifs is 1. The standard InChI is InChI=1S/C19H23BrN2O2/c1-18(2,3)19(12-23)6-7-22(11-19)17(24)14-8-13-9-15(20)4-5-16(13)21-10-14/h4-5,8-10,23H,6-7,11-12H2,1-3H3. The highest BCUT2D eigenvalue weighted by molar-refractivity contribution is 9.10. The van der Waals surface area contributed by atoms with Gasteiger partial charge in [-0.25, -0.2) is 0 Å². The van der Waals surface area contributed by atoms with Crippen LogP contribution < -0.4 is 0 Å². The van der Waals surface area contributed by atoms with Gasteiger partial charge in [0.25, 0.3) is 5.91 Å². The minimum atomic E-state index is -0.240. The SMILES string of the molecule is CC(C)(C)C1(CO)CCN(C(=O)c2cnc3ccc(Br)cc3c2)C1. The van der Waals surface area contributed by atoms with Crippen LogP contribution in [0.5, 0.6) is 0 Å². The molecule has 128 valence electrons. The molecular weight excluding hydrogens is 368 g/mol. The molecule has 0 spiro atoms. The summed E-state index contributed by atoms with van der Waals surface area (Å²) in [6.45, 7) is 7.75. The Morgan fingerprint density at radius 1 is 1.38 bits per heavy atom. The average molecular weight is 391 g/mol. The molecule has 1 unspecified atom stereocenters. The number of carbonyl (C=O) groups is 1. The Kier molecular flexibility index (Phi) is 4.43. The minimum absolute atomic E-state index is 0.0102. The zero-order chi connectivity index (χ0) is 17.5. The van der Waals surface area contributed by atoms with Crippen LogP contribution in [0.2, 0.25) is 0 Å². The first-order valence-corrected chi connectivity index (χ1v) is 9.00. The molecule has 24 heavy (non-hydrogen) atoms. The van der Waals surface area contributed by atoms with E-state index < -0.39 is 0 Å². The van der Waals surface area contributed by atoms with Gasteiger partial charge in [0.1, 0.15) is 0 Å². The molecule has 1 N–H and O–H groups in total. The Labute approximate surface area is 151 Å². The number of likely N-dealkylation sites (tertiary alicyclic amines) is 1. The van der Waals surface area contributed by atoms with Crippen molar-refractivity contribution in [3.63, 3.8) is 0 Å². The molecule has 1 aliphatic heterocycles. The largest absolute Gasteiger partial charge is 0.396 e. The van der Waals surface area contributed by atoms with Gasteiger partial charge < -0.3 is 10.0 Å². The van der Waals surface area contributed by atoms with Gasteiger partial charge >= 0.3 is 0 Å². The maximum absolute atomic E-state index is 12.9. The molecule has 0 saturated carbocycles. The Bertz CT molecular complexity index is 785. The van der Waals surface area contributed by atoms with Crippen LogP contribution in [0, 0.1) is 10.8 Å². The van der Waals surface area contributed by atoms with E-state index >= 15 is 0 Å². The molecule has 1 aromatic carbocycles. The van der Waals surface area contributed by atoms with Crippen LogP contribution in [0.15, 0.2) is 34.9 Å². The second-order valence-electron chi connectivity index (χ2n) is 7.73. The Morgan fingerprint density at radius 3 is 2.75 bits per heavy atom. The lowest BCUT2D eigenvalue weighted by molar-refractivity contribution is 0.0232. The Hall–Kier alpha value is -1.46. The maximum atomic E-state index is 12.9. The topological polar surface area (TPSA) is 53.4 Å². The molecule has 1 fully saturated rings. The number of hydrogen-bond acceptors (Lipinski definition) is 3. The summed E-state index contributed by atoms with van der Waals surface area (Å²) in [6.07, 6.45) is 2.47. The van der Waals surface area contributed by atoms with Crippen molar-refractivity contribution in [1.82, 2.24) is 9.88 Å². The Morgan fingerprint density at radius 2 is 2.12 bits per heavy atom. The molecule has 2 heterocycles. The Balaban J connectivity index is 1.87. The van der Waals surface area contributed by atoms with Gasteiger partial charge in [-0.1, -0.05) is 36.7 Å². The summed E-state index contributed by atoms with van der Waals surface area (Å²) in [5.74, 6) is -0.0102. The van der Waals surface area contributed by atoms with E-state index in [1.165, 1.54) is 0 Å². The van der Waals surface area contributed by atoms with Crippen molar-refractivity contribution in [1.29, 1.82) is 0 Å². The average Bonchev–Trinajstić information content (AvgIpc) is 2.99. The summed E-state index contributed by atoms with van der Waals surface area (Å²) in [5, 5.41) is 10.9. The van der Waals surface area contributed by atoms with Gasteiger partial charge in [0, 0.05) is 34.6 Å². The van der Waals surface area contributed by atoms with Crippen LogP contribution in [0.25, 0.3) is 10.9 Å². The lowest BCUT2D eigenvalue weighted by Gasteiger charge is -2.40. The first-order chi connectivity index (χ1) is 11.3. The van der Waals surface area contributed by atoms with Gasteiger partial charge in [-0.3, -0.25) is 9.78 Å². The number of hydrogen-bond donors (Lipinski definition) is 1. The molecule has 0 aliphatic carbocycles. The normalized spacial score (nSPS) is 21.5. The number of benzene rings is 1. The number of carbonyl (C=O) groups excluding carboxylic acids is 1. The van der Waals surface area contributed by atoms with Crippen molar-refractivity contribution in [3.05, 3.63) is 40.5 Å². The quantitative estimate of drug-likeness (QED) is 0.846. The molecular formula is C19H23BrN2O2. The highest BCUT2D eigenvalue weighted by Crippen LogP contribution is 2.45. The van der Waals surface area contributed by atoms with E-state index in [-0.39, 0.29) is 23.3 Å². The van der Waals surface area contributed by atoms with E-state index in [0.717, 1.165) is 21.8 Å². The molecule has 4 nitrogen and oxygen atoms in total. The number of aromatic nitrogens is 1. The van der Waals surface area contributed by atoms with Gasteiger partial charge in [0.2, 0.25) is 0 Å². The highest BCUT2D eigenvalue weighted by atomic mass is 79.9. The lowest BCUT2D eigenvalue weighted by atomic mass is 9.66. The zero-order valence-electron chi connectivity index (χ0n) is 14.3. The van der Waals surface area contributed by atoms with Crippen molar-refractivity contribution in [2.24, 2.45) is 10.8 Å². The van der Waals surface area contributed by atoms with Crippen molar-refractivity contribution < 1.29 is 9.90 Å². The molecule has 5 heteroatoms. The van der Waals surface area contributed by atoms with E-state index in [1.807, 2.05) is 29.2 Å². The molecule has 1 amide bonds. The second kappa shape index (κ2) is 6.12. The van der Waals surface area contributed by atoms with Crippen LogP contribution >= 0.6 is 15.9 Å². The maximum Gasteiger partial charge on any atom is 0.255 e. The number of amides is 1. The number of halogens is 1. The highest BCUT2D eigenvalue weighted by Gasteiger charge is 2.47. The number of nitrogens with zero attached hydrogens (tertiary/aromatic N) is 2. The van der Waals surface area contributed by atoms with Gasteiger partial charge in [-0.2, -0.15) is 0 Å². The number of aliphatic hydroxyl groups excluding tert-OH is 1.